The molecule has 0 aliphatic heterocycles. The number of carbonyl (C=O) groups is 2. The quantitative estimate of drug-likeness (QED) is 0.755. The molecule has 150 valence electrons. The summed E-state index contributed by atoms with van der Waals surface area (Å²) in [5.74, 6) is -1.25. The Morgan fingerprint density at radius 3 is 2.41 bits per heavy atom. The highest BCUT2D eigenvalue weighted by atomic mass is 16.4. The number of nitrogens with one attached hydrogen (secondary N) is 2. The minimum Gasteiger partial charge on any atom is -0.548 e. The zero-order valence-electron chi connectivity index (χ0n) is 16.4. The van der Waals surface area contributed by atoms with E-state index < -0.39 is 12.0 Å². The van der Waals surface area contributed by atoms with E-state index in [4.69, 9.17) is 5.26 Å². The van der Waals surface area contributed by atoms with Gasteiger partial charge in [-0.1, -0.05) is 25.8 Å². The van der Waals surface area contributed by atoms with Crippen molar-refractivity contribution in [3.8, 4) is 6.07 Å². The third kappa shape index (κ3) is 5.14. The predicted octanol–water partition coefficient (Wildman–Crippen LogP) is 3.15. The summed E-state index contributed by atoms with van der Waals surface area (Å²) in [5.41, 5.74) is 3.10. The summed E-state index contributed by atoms with van der Waals surface area (Å²) >= 11 is 0. The van der Waals surface area contributed by atoms with Crippen molar-refractivity contribution in [2.75, 3.05) is 10.6 Å². The SMILES string of the molecule is CCc1cc(NC(=O)C2CCCC2)cc(C(Nc2ccc(C#N)cc2)C(=O)[O-])c1. The minimum atomic E-state index is -1.27. The van der Waals surface area contributed by atoms with Crippen LogP contribution in [0, 0.1) is 17.2 Å². The molecule has 1 aliphatic carbocycles. The van der Waals surface area contributed by atoms with E-state index in [-0.39, 0.29) is 11.8 Å². The van der Waals surface area contributed by atoms with Gasteiger partial charge in [0.15, 0.2) is 0 Å². The summed E-state index contributed by atoms with van der Waals surface area (Å²) in [6, 6.07) is 12.9. The first kappa shape index (κ1) is 20.4. The van der Waals surface area contributed by atoms with Crippen LogP contribution >= 0.6 is 0 Å². The Balaban J connectivity index is 1.85. The number of aliphatic carboxylic acids is 1. The van der Waals surface area contributed by atoms with Gasteiger partial charge in [-0.3, -0.25) is 4.79 Å². The summed E-state index contributed by atoms with van der Waals surface area (Å²) in [4.78, 5) is 24.4. The van der Waals surface area contributed by atoms with Gasteiger partial charge in [0.25, 0.3) is 0 Å². The van der Waals surface area contributed by atoms with E-state index in [9.17, 15) is 14.7 Å². The lowest BCUT2D eigenvalue weighted by Gasteiger charge is -2.23. The fourth-order valence-electron chi connectivity index (χ4n) is 3.68. The number of carboxylic acid groups (broad SMARTS) is 1. The lowest BCUT2D eigenvalue weighted by molar-refractivity contribution is -0.307. The number of hydrogen-bond donors (Lipinski definition) is 2. The summed E-state index contributed by atoms with van der Waals surface area (Å²) in [6.07, 6.45) is 4.64. The lowest BCUT2D eigenvalue weighted by atomic mass is 10.00. The first-order valence-electron chi connectivity index (χ1n) is 9.92. The molecule has 1 amide bonds. The maximum atomic E-state index is 12.5. The number of amides is 1. The van der Waals surface area contributed by atoms with E-state index in [0.717, 1.165) is 31.2 Å². The Bertz CT molecular complexity index is 925. The van der Waals surface area contributed by atoms with Crippen LogP contribution in [0.3, 0.4) is 0 Å². The average molecular weight is 390 g/mol. The molecule has 1 fully saturated rings. The van der Waals surface area contributed by atoms with Gasteiger partial charge < -0.3 is 20.5 Å². The number of carboxylic acids is 1. The molecule has 3 rings (SSSR count). The number of carbonyl (C=O) groups excluding carboxylic acids is 2. The molecule has 6 heteroatoms. The molecule has 6 nitrogen and oxygen atoms in total. The van der Waals surface area contributed by atoms with Crippen molar-refractivity contribution in [1.29, 1.82) is 5.26 Å². The highest BCUT2D eigenvalue weighted by Gasteiger charge is 2.23. The summed E-state index contributed by atoms with van der Waals surface area (Å²) in [6.45, 7) is 1.98. The van der Waals surface area contributed by atoms with Crippen molar-refractivity contribution < 1.29 is 14.7 Å². The van der Waals surface area contributed by atoms with E-state index in [1.165, 1.54) is 0 Å². The van der Waals surface area contributed by atoms with Crippen LogP contribution < -0.4 is 15.7 Å². The standard InChI is InChI=1S/C23H25N3O3/c1-2-15-11-18(13-20(12-15)26-22(27)17-5-3-4-6-17)21(23(28)29)25-19-9-7-16(14-24)8-10-19/h7-13,17,21,25H,2-6H2,1H3,(H,26,27)(H,28,29)/p-1. The highest BCUT2D eigenvalue weighted by molar-refractivity contribution is 5.93. The fourth-order valence-corrected chi connectivity index (χ4v) is 3.68. The van der Waals surface area contributed by atoms with Crippen LogP contribution in [-0.2, 0) is 16.0 Å². The van der Waals surface area contributed by atoms with E-state index in [0.29, 0.717) is 28.9 Å². The van der Waals surface area contributed by atoms with E-state index in [1.807, 2.05) is 25.1 Å². The van der Waals surface area contributed by atoms with Crippen molar-refractivity contribution in [3.05, 3.63) is 59.2 Å². The molecule has 2 aromatic rings. The molecule has 1 saturated carbocycles. The van der Waals surface area contributed by atoms with Gasteiger partial charge in [0.1, 0.15) is 0 Å². The number of rotatable bonds is 7. The van der Waals surface area contributed by atoms with Crippen molar-refractivity contribution >= 4 is 23.3 Å². The van der Waals surface area contributed by atoms with Crippen LogP contribution in [-0.4, -0.2) is 11.9 Å². The molecule has 1 aliphatic rings. The van der Waals surface area contributed by atoms with Crippen LogP contribution in [0.1, 0.15) is 55.3 Å². The Hall–Kier alpha value is -3.33. The van der Waals surface area contributed by atoms with Crippen molar-refractivity contribution in [3.63, 3.8) is 0 Å². The Morgan fingerprint density at radius 1 is 1.14 bits per heavy atom. The number of hydrogen-bond acceptors (Lipinski definition) is 5. The molecule has 0 spiro atoms. The van der Waals surface area contributed by atoms with E-state index in [1.54, 1.807) is 30.3 Å². The molecular formula is C23H24N3O3-. The average Bonchev–Trinajstić information content (AvgIpc) is 3.27. The minimum absolute atomic E-state index is 0.00763. The monoisotopic (exact) mass is 390 g/mol. The van der Waals surface area contributed by atoms with Crippen molar-refractivity contribution in [2.24, 2.45) is 5.92 Å². The Kier molecular flexibility index (Phi) is 6.50. The van der Waals surface area contributed by atoms with Gasteiger partial charge in [0, 0.05) is 17.3 Å². The number of anilines is 2. The molecular weight excluding hydrogens is 366 g/mol. The van der Waals surface area contributed by atoms with Gasteiger partial charge in [-0.2, -0.15) is 5.26 Å². The Labute approximate surface area is 170 Å². The topological polar surface area (TPSA) is 105 Å². The Morgan fingerprint density at radius 2 is 1.83 bits per heavy atom. The zero-order valence-corrected chi connectivity index (χ0v) is 16.4. The molecule has 2 N–H and O–H groups in total. The van der Waals surface area contributed by atoms with Crippen molar-refractivity contribution in [2.45, 2.75) is 45.1 Å². The molecule has 0 radical (unpaired) electrons. The second kappa shape index (κ2) is 9.24. The van der Waals surface area contributed by atoms with Gasteiger partial charge in [-0.25, -0.2) is 0 Å². The largest absolute Gasteiger partial charge is 0.548 e. The molecule has 0 saturated heterocycles. The van der Waals surface area contributed by atoms with Crippen LogP contribution in [0.5, 0.6) is 0 Å². The zero-order chi connectivity index (χ0) is 20.8. The molecule has 0 bridgehead atoms. The second-order valence-corrected chi connectivity index (χ2v) is 7.37. The fraction of sp³-hybridized carbons (Fsp3) is 0.348. The third-order valence-electron chi connectivity index (χ3n) is 5.31. The summed E-state index contributed by atoms with van der Waals surface area (Å²) in [5, 5.41) is 26.7. The maximum Gasteiger partial charge on any atom is 0.227 e. The van der Waals surface area contributed by atoms with Crippen LogP contribution in [0.15, 0.2) is 42.5 Å². The third-order valence-corrected chi connectivity index (χ3v) is 5.31. The van der Waals surface area contributed by atoms with Crippen LogP contribution in [0.4, 0.5) is 11.4 Å². The lowest BCUT2D eigenvalue weighted by Crippen LogP contribution is -2.34. The predicted molar refractivity (Wildman–Crippen MR) is 109 cm³/mol. The maximum absolute atomic E-state index is 12.5. The highest BCUT2D eigenvalue weighted by Crippen LogP contribution is 2.28. The number of nitriles is 1. The first-order chi connectivity index (χ1) is 14.0. The molecule has 1 atom stereocenters. The van der Waals surface area contributed by atoms with Gasteiger partial charge in [-0.15, -0.1) is 0 Å². The van der Waals surface area contributed by atoms with Gasteiger partial charge in [0.2, 0.25) is 5.91 Å². The number of aryl methyl sites for hydroxylation is 1. The molecule has 2 aromatic carbocycles. The summed E-state index contributed by atoms with van der Waals surface area (Å²) < 4.78 is 0. The van der Waals surface area contributed by atoms with Gasteiger partial charge in [-0.05, 0) is 66.8 Å². The van der Waals surface area contributed by atoms with E-state index in [2.05, 4.69) is 10.6 Å². The molecule has 0 heterocycles. The number of benzene rings is 2. The second-order valence-electron chi connectivity index (χ2n) is 7.37. The normalized spacial score (nSPS) is 14.8. The molecule has 1 unspecified atom stereocenters. The molecule has 29 heavy (non-hydrogen) atoms. The van der Waals surface area contributed by atoms with E-state index >= 15 is 0 Å². The van der Waals surface area contributed by atoms with Crippen LogP contribution in [0.2, 0.25) is 0 Å². The van der Waals surface area contributed by atoms with Crippen molar-refractivity contribution in [1.82, 2.24) is 0 Å². The van der Waals surface area contributed by atoms with Gasteiger partial charge in [0.05, 0.1) is 23.6 Å². The van der Waals surface area contributed by atoms with Crippen LogP contribution in [0.25, 0.3) is 0 Å². The van der Waals surface area contributed by atoms with Gasteiger partial charge >= 0.3 is 0 Å². The number of nitrogens with zero attached hydrogens (tertiary/aromatic N) is 1. The first-order valence-corrected chi connectivity index (χ1v) is 9.92. The smallest absolute Gasteiger partial charge is 0.227 e. The molecule has 0 aromatic heterocycles. The summed E-state index contributed by atoms with van der Waals surface area (Å²) in [7, 11) is 0.